The highest BCUT2D eigenvalue weighted by atomic mass is 35.5. The number of nitrogens with zero attached hydrogens (tertiary/aromatic N) is 1. The largest absolute Gasteiger partial charge is 0.355 e. The molecule has 0 spiro atoms. The highest BCUT2D eigenvalue weighted by Gasteiger charge is 2.35. The van der Waals surface area contributed by atoms with E-state index in [0.717, 1.165) is 6.54 Å². The van der Waals surface area contributed by atoms with Gasteiger partial charge in [-0.25, -0.2) is 0 Å². The Kier molecular flexibility index (Phi) is 6.57. The van der Waals surface area contributed by atoms with Gasteiger partial charge in [0, 0.05) is 24.7 Å². The maximum Gasteiger partial charge on any atom is 0.234 e. The van der Waals surface area contributed by atoms with Crippen LogP contribution < -0.4 is 10.6 Å². The summed E-state index contributed by atoms with van der Waals surface area (Å²) in [5.41, 5.74) is 0. The number of nitrogens with one attached hydrogen (secondary N) is 2. The summed E-state index contributed by atoms with van der Waals surface area (Å²) in [6.45, 7) is 5.56. The fraction of sp³-hybridized carbons (Fsp3) is 0.929. The van der Waals surface area contributed by atoms with Crippen LogP contribution in [0.15, 0.2) is 0 Å². The van der Waals surface area contributed by atoms with Crippen molar-refractivity contribution in [3.63, 3.8) is 0 Å². The van der Waals surface area contributed by atoms with Gasteiger partial charge in [-0.1, -0.05) is 13.8 Å². The van der Waals surface area contributed by atoms with Crippen LogP contribution in [-0.4, -0.2) is 49.1 Å². The van der Waals surface area contributed by atoms with Gasteiger partial charge in [0.05, 0.1) is 6.54 Å². The first kappa shape index (κ1) is 16.7. The average Bonchev–Trinajstić information content (AvgIpc) is 2.65. The van der Waals surface area contributed by atoms with Crippen molar-refractivity contribution in [2.75, 3.05) is 20.1 Å². The average molecular weight is 290 g/mol. The monoisotopic (exact) mass is 289 g/mol. The van der Waals surface area contributed by atoms with E-state index in [1.165, 1.54) is 25.7 Å². The van der Waals surface area contributed by atoms with E-state index in [-0.39, 0.29) is 18.3 Å². The van der Waals surface area contributed by atoms with Gasteiger partial charge in [-0.2, -0.15) is 0 Å². The summed E-state index contributed by atoms with van der Waals surface area (Å²) in [5, 5.41) is 6.64. The predicted octanol–water partition coefficient (Wildman–Crippen LogP) is 1.40. The molecule has 5 heteroatoms. The van der Waals surface area contributed by atoms with Crippen LogP contribution in [0.2, 0.25) is 0 Å². The van der Waals surface area contributed by atoms with E-state index in [4.69, 9.17) is 0 Å². The first-order chi connectivity index (χ1) is 8.54. The Bertz CT molecular complexity index is 286. The third-order valence-electron chi connectivity index (χ3n) is 4.17. The van der Waals surface area contributed by atoms with Gasteiger partial charge in [-0.05, 0) is 38.6 Å². The molecule has 2 saturated heterocycles. The summed E-state index contributed by atoms with van der Waals surface area (Å²) in [6.07, 6.45) is 5.03. The second kappa shape index (κ2) is 7.46. The molecule has 0 aromatic carbocycles. The third-order valence-corrected chi connectivity index (χ3v) is 4.17. The number of hydrogen-bond donors (Lipinski definition) is 2. The minimum Gasteiger partial charge on any atom is -0.355 e. The maximum absolute atomic E-state index is 11.8. The minimum absolute atomic E-state index is 0. The molecule has 2 bridgehead atoms. The number of piperidine rings is 1. The maximum atomic E-state index is 11.8. The minimum atomic E-state index is 0. The van der Waals surface area contributed by atoms with Crippen LogP contribution >= 0.6 is 12.4 Å². The Morgan fingerprint density at radius 3 is 2.42 bits per heavy atom. The number of hydrogen-bond acceptors (Lipinski definition) is 3. The molecule has 112 valence electrons. The van der Waals surface area contributed by atoms with Gasteiger partial charge in [-0.15, -0.1) is 12.4 Å². The zero-order valence-corrected chi connectivity index (χ0v) is 13.1. The molecule has 0 aromatic rings. The number of carbonyl (C=O) groups excluding carboxylic acids is 1. The van der Waals surface area contributed by atoms with E-state index in [0.29, 0.717) is 30.6 Å². The lowest BCUT2D eigenvalue weighted by atomic mass is 9.98. The number of halogens is 1. The van der Waals surface area contributed by atoms with E-state index in [1.54, 1.807) is 0 Å². The highest BCUT2D eigenvalue weighted by molar-refractivity contribution is 5.85. The zero-order chi connectivity index (χ0) is 13.1. The van der Waals surface area contributed by atoms with E-state index in [1.807, 2.05) is 0 Å². The predicted molar refractivity (Wildman–Crippen MR) is 80.7 cm³/mol. The van der Waals surface area contributed by atoms with Crippen molar-refractivity contribution >= 4 is 18.3 Å². The molecule has 2 fully saturated rings. The summed E-state index contributed by atoms with van der Waals surface area (Å²) in [7, 11) is 2.09. The molecule has 0 aromatic heterocycles. The van der Waals surface area contributed by atoms with Crippen LogP contribution in [-0.2, 0) is 4.79 Å². The quantitative estimate of drug-likeness (QED) is 0.804. The molecule has 0 radical (unpaired) electrons. The van der Waals surface area contributed by atoms with Crippen LogP contribution in [0.3, 0.4) is 0 Å². The Labute approximate surface area is 123 Å². The molecular weight excluding hydrogens is 262 g/mol. The molecule has 2 N–H and O–H groups in total. The van der Waals surface area contributed by atoms with Crippen LogP contribution in [0, 0.1) is 5.92 Å². The summed E-state index contributed by atoms with van der Waals surface area (Å²) in [5.74, 6) is 0.686. The van der Waals surface area contributed by atoms with Gasteiger partial charge in [-0.3, -0.25) is 9.69 Å². The molecule has 1 amide bonds. The van der Waals surface area contributed by atoms with Crippen molar-refractivity contribution in [2.24, 2.45) is 5.92 Å². The van der Waals surface area contributed by atoms with Gasteiger partial charge in [0.2, 0.25) is 5.91 Å². The number of likely N-dealkylation sites (N-methyl/N-ethyl adjacent to an activating group) is 1. The molecule has 2 aliphatic heterocycles. The molecule has 2 heterocycles. The SMILES string of the molecule is CC(C)CNC(=O)CN(C)C1CC2CCC(C1)N2.Cl. The lowest BCUT2D eigenvalue weighted by molar-refractivity contribution is -0.122. The standard InChI is InChI=1S/C14H27N3O.ClH/c1-10(2)8-15-14(18)9-17(3)13-6-11-4-5-12(7-13)16-11;/h10-13,16H,4-9H2,1-3H3,(H,15,18);1H. The molecule has 0 aliphatic carbocycles. The Morgan fingerprint density at radius 2 is 1.89 bits per heavy atom. The van der Waals surface area contributed by atoms with Gasteiger partial charge < -0.3 is 10.6 Å². The lowest BCUT2D eigenvalue weighted by Crippen LogP contribution is -2.49. The van der Waals surface area contributed by atoms with E-state index < -0.39 is 0 Å². The summed E-state index contributed by atoms with van der Waals surface area (Å²) in [4.78, 5) is 14.0. The molecule has 0 saturated carbocycles. The van der Waals surface area contributed by atoms with Gasteiger partial charge in [0.15, 0.2) is 0 Å². The first-order valence-electron chi connectivity index (χ1n) is 7.27. The van der Waals surface area contributed by atoms with Crippen LogP contribution in [0.5, 0.6) is 0 Å². The second-order valence-corrected chi connectivity index (χ2v) is 6.38. The van der Waals surface area contributed by atoms with Gasteiger partial charge >= 0.3 is 0 Å². The van der Waals surface area contributed by atoms with Crippen molar-refractivity contribution in [1.82, 2.24) is 15.5 Å². The van der Waals surface area contributed by atoms with Crippen LogP contribution in [0.4, 0.5) is 0 Å². The number of fused-ring (bicyclic) bond motifs is 2. The fourth-order valence-corrected chi connectivity index (χ4v) is 3.12. The molecule has 2 atom stereocenters. The Morgan fingerprint density at radius 1 is 1.32 bits per heavy atom. The van der Waals surface area contributed by atoms with E-state index in [2.05, 4.69) is 36.4 Å². The lowest BCUT2D eigenvalue weighted by Gasteiger charge is -2.35. The summed E-state index contributed by atoms with van der Waals surface area (Å²) in [6, 6.07) is 1.96. The number of rotatable bonds is 5. The van der Waals surface area contributed by atoms with Crippen molar-refractivity contribution in [2.45, 2.75) is 57.7 Å². The van der Waals surface area contributed by atoms with E-state index in [9.17, 15) is 4.79 Å². The highest BCUT2D eigenvalue weighted by Crippen LogP contribution is 2.28. The van der Waals surface area contributed by atoms with Crippen LogP contribution in [0.1, 0.15) is 39.5 Å². The molecule has 2 rings (SSSR count). The zero-order valence-electron chi connectivity index (χ0n) is 12.3. The third kappa shape index (κ3) is 4.93. The van der Waals surface area contributed by atoms with Gasteiger partial charge in [0.25, 0.3) is 0 Å². The Hall–Kier alpha value is -0.320. The van der Waals surface area contributed by atoms with Crippen molar-refractivity contribution in [3.05, 3.63) is 0 Å². The van der Waals surface area contributed by atoms with Crippen molar-refractivity contribution in [1.29, 1.82) is 0 Å². The molecule has 4 nitrogen and oxygen atoms in total. The fourth-order valence-electron chi connectivity index (χ4n) is 3.12. The Balaban J connectivity index is 0.00000180. The molecular formula is C14H28ClN3O. The molecule has 2 unspecified atom stereocenters. The van der Waals surface area contributed by atoms with E-state index >= 15 is 0 Å². The summed E-state index contributed by atoms with van der Waals surface area (Å²) < 4.78 is 0. The molecule has 19 heavy (non-hydrogen) atoms. The topological polar surface area (TPSA) is 44.4 Å². The first-order valence-corrected chi connectivity index (χ1v) is 7.27. The van der Waals surface area contributed by atoms with Crippen molar-refractivity contribution < 1.29 is 4.79 Å². The van der Waals surface area contributed by atoms with Crippen LogP contribution in [0.25, 0.3) is 0 Å². The van der Waals surface area contributed by atoms with Crippen molar-refractivity contribution in [3.8, 4) is 0 Å². The molecule has 2 aliphatic rings. The number of amides is 1. The van der Waals surface area contributed by atoms with Gasteiger partial charge in [0.1, 0.15) is 0 Å². The normalized spacial score (nSPS) is 29.4. The smallest absolute Gasteiger partial charge is 0.234 e. The summed E-state index contributed by atoms with van der Waals surface area (Å²) >= 11 is 0. The number of carbonyl (C=O) groups is 1. The second-order valence-electron chi connectivity index (χ2n) is 6.38.